The highest BCUT2D eigenvalue weighted by Crippen LogP contribution is 2.24. The Kier molecular flexibility index (Phi) is 4.87. The maximum atomic E-state index is 12.3. The van der Waals surface area contributed by atoms with Crippen LogP contribution in [0.1, 0.15) is 5.56 Å². The Morgan fingerprint density at radius 1 is 1.15 bits per heavy atom. The third kappa shape index (κ3) is 3.69. The first kappa shape index (κ1) is 17.6. The Morgan fingerprint density at radius 2 is 1.96 bits per heavy atom. The van der Waals surface area contributed by atoms with Crippen molar-refractivity contribution >= 4 is 46.1 Å². The third-order valence-electron chi connectivity index (χ3n) is 4.04. The Morgan fingerprint density at radius 3 is 2.78 bits per heavy atom. The van der Waals surface area contributed by atoms with E-state index in [0.29, 0.717) is 16.4 Å². The Hall–Kier alpha value is -2.78. The van der Waals surface area contributed by atoms with Crippen LogP contribution >= 0.6 is 23.5 Å². The number of aromatic nitrogens is 5. The van der Waals surface area contributed by atoms with Gasteiger partial charge in [-0.2, -0.15) is 8.75 Å². The van der Waals surface area contributed by atoms with Crippen LogP contribution < -0.4 is 5.32 Å². The largest absolute Gasteiger partial charge is 0.323 e. The van der Waals surface area contributed by atoms with Crippen molar-refractivity contribution in [1.29, 1.82) is 0 Å². The molecule has 2 aromatic carbocycles. The van der Waals surface area contributed by atoms with Gasteiger partial charge in [0.25, 0.3) is 0 Å². The standard InChI is InChI=1S/C18H16N6OS2/c1-11-6-8-12(9-7-11)17-20-21-18(24(17)2)26-10-15(25)19-13-4-3-5-14-16(13)23-27-22-14/h3-9H,10H2,1-2H3,(H,19,25). The van der Waals surface area contributed by atoms with Gasteiger partial charge in [-0.1, -0.05) is 47.7 Å². The lowest BCUT2D eigenvalue weighted by molar-refractivity contribution is -0.113. The number of carbonyl (C=O) groups excluding carboxylic acids is 1. The number of nitrogens with one attached hydrogen (secondary N) is 1. The van der Waals surface area contributed by atoms with Crippen LogP contribution in [0.15, 0.2) is 47.6 Å². The quantitative estimate of drug-likeness (QED) is 0.520. The second-order valence-electron chi connectivity index (χ2n) is 6.01. The highest BCUT2D eigenvalue weighted by atomic mass is 32.2. The Balaban J connectivity index is 1.44. The zero-order valence-electron chi connectivity index (χ0n) is 14.7. The average Bonchev–Trinajstić information content (AvgIpc) is 3.28. The number of aryl methyl sites for hydroxylation is 1. The molecule has 7 nitrogen and oxygen atoms in total. The van der Waals surface area contributed by atoms with Gasteiger partial charge in [0, 0.05) is 12.6 Å². The van der Waals surface area contributed by atoms with Crippen molar-refractivity contribution in [2.24, 2.45) is 7.05 Å². The summed E-state index contributed by atoms with van der Waals surface area (Å²) in [5.41, 5.74) is 4.35. The molecule has 0 aliphatic carbocycles. The first-order chi connectivity index (χ1) is 13.1. The van der Waals surface area contributed by atoms with Crippen LogP contribution in [0.4, 0.5) is 5.69 Å². The molecule has 0 aliphatic rings. The maximum Gasteiger partial charge on any atom is 0.234 e. The zero-order valence-corrected chi connectivity index (χ0v) is 16.3. The van der Waals surface area contributed by atoms with E-state index in [1.54, 1.807) is 0 Å². The van der Waals surface area contributed by atoms with Crippen LogP contribution in [0.2, 0.25) is 0 Å². The van der Waals surface area contributed by atoms with E-state index in [2.05, 4.69) is 24.3 Å². The van der Waals surface area contributed by atoms with Crippen molar-refractivity contribution in [3.05, 3.63) is 48.0 Å². The van der Waals surface area contributed by atoms with Crippen LogP contribution in [0.5, 0.6) is 0 Å². The topological polar surface area (TPSA) is 85.6 Å². The highest BCUT2D eigenvalue weighted by Gasteiger charge is 2.14. The van der Waals surface area contributed by atoms with Gasteiger partial charge < -0.3 is 9.88 Å². The fraction of sp³-hybridized carbons (Fsp3) is 0.167. The van der Waals surface area contributed by atoms with Crippen LogP contribution in [0.25, 0.3) is 22.4 Å². The number of fused-ring (bicyclic) bond motifs is 1. The van der Waals surface area contributed by atoms with Crippen LogP contribution in [-0.2, 0) is 11.8 Å². The zero-order chi connectivity index (χ0) is 18.8. The van der Waals surface area contributed by atoms with E-state index in [9.17, 15) is 4.79 Å². The lowest BCUT2D eigenvalue weighted by Crippen LogP contribution is -2.14. The minimum absolute atomic E-state index is 0.125. The molecule has 9 heteroatoms. The molecule has 4 rings (SSSR count). The molecule has 0 atom stereocenters. The second-order valence-corrected chi connectivity index (χ2v) is 7.48. The molecule has 2 heterocycles. The molecule has 27 heavy (non-hydrogen) atoms. The number of amides is 1. The summed E-state index contributed by atoms with van der Waals surface area (Å²) >= 11 is 2.47. The highest BCUT2D eigenvalue weighted by molar-refractivity contribution is 7.99. The predicted octanol–water partition coefficient (Wildman–Crippen LogP) is 3.53. The minimum Gasteiger partial charge on any atom is -0.323 e. The number of hydrogen-bond acceptors (Lipinski definition) is 7. The first-order valence-corrected chi connectivity index (χ1v) is 9.94. The Bertz CT molecular complexity index is 1100. The summed E-state index contributed by atoms with van der Waals surface area (Å²) < 4.78 is 10.3. The number of carbonyl (C=O) groups is 1. The van der Waals surface area contributed by atoms with Gasteiger partial charge in [0.2, 0.25) is 5.91 Å². The van der Waals surface area contributed by atoms with Crippen LogP contribution in [-0.4, -0.2) is 35.2 Å². The summed E-state index contributed by atoms with van der Waals surface area (Å²) in [5.74, 6) is 0.880. The van der Waals surface area contributed by atoms with Gasteiger partial charge in [-0.3, -0.25) is 4.79 Å². The molecule has 0 saturated heterocycles. The smallest absolute Gasteiger partial charge is 0.234 e. The molecule has 1 N–H and O–H groups in total. The summed E-state index contributed by atoms with van der Waals surface area (Å²) in [6.45, 7) is 2.04. The predicted molar refractivity (Wildman–Crippen MR) is 108 cm³/mol. The Labute approximate surface area is 164 Å². The molecule has 0 saturated carbocycles. The minimum atomic E-state index is -0.125. The number of rotatable bonds is 5. The van der Waals surface area contributed by atoms with Crippen molar-refractivity contribution in [1.82, 2.24) is 23.5 Å². The van der Waals surface area contributed by atoms with Gasteiger partial charge in [0.05, 0.1) is 23.2 Å². The van der Waals surface area contributed by atoms with Crippen molar-refractivity contribution in [2.45, 2.75) is 12.1 Å². The van der Waals surface area contributed by atoms with Crippen molar-refractivity contribution < 1.29 is 4.79 Å². The van der Waals surface area contributed by atoms with E-state index in [4.69, 9.17) is 0 Å². The summed E-state index contributed by atoms with van der Waals surface area (Å²) in [4.78, 5) is 12.3. The lowest BCUT2D eigenvalue weighted by Gasteiger charge is -2.06. The molecule has 0 aliphatic heterocycles. The van der Waals surface area contributed by atoms with Crippen LogP contribution in [0.3, 0.4) is 0 Å². The fourth-order valence-corrected chi connectivity index (χ4v) is 3.88. The maximum absolute atomic E-state index is 12.3. The third-order valence-corrected chi connectivity index (χ3v) is 5.60. The molecule has 0 fully saturated rings. The molecular weight excluding hydrogens is 380 g/mol. The molecule has 0 bridgehead atoms. The van der Waals surface area contributed by atoms with Gasteiger partial charge in [-0.15, -0.1) is 10.2 Å². The van der Waals surface area contributed by atoms with Crippen molar-refractivity contribution in [3.63, 3.8) is 0 Å². The first-order valence-electron chi connectivity index (χ1n) is 8.22. The van der Waals surface area contributed by atoms with Gasteiger partial charge in [0.15, 0.2) is 11.0 Å². The van der Waals surface area contributed by atoms with E-state index >= 15 is 0 Å². The van der Waals surface area contributed by atoms with E-state index in [1.807, 2.05) is 61.0 Å². The lowest BCUT2D eigenvalue weighted by atomic mass is 10.1. The molecular formula is C18H16N6OS2. The number of benzene rings is 2. The molecule has 136 valence electrons. The SMILES string of the molecule is Cc1ccc(-c2nnc(SCC(=O)Nc3cccc4nsnc34)n2C)cc1. The van der Waals surface area contributed by atoms with Gasteiger partial charge in [-0.25, -0.2) is 0 Å². The van der Waals surface area contributed by atoms with E-state index in [-0.39, 0.29) is 11.7 Å². The second kappa shape index (κ2) is 7.45. The summed E-state index contributed by atoms with van der Waals surface area (Å²) in [5, 5.41) is 12.0. The van der Waals surface area contributed by atoms with Crippen molar-refractivity contribution in [3.8, 4) is 11.4 Å². The molecule has 0 spiro atoms. The van der Waals surface area contributed by atoms with E-state index < -0.39 is 0 Å². The normalized spacial score (nSPS) is 11.0. The van der Waals surface area contributed by atoms with Crippen molar-refractivity contribution in [2.75, 3.05) is 11.1 Å². The molecule has 0 radical (unpaired) electrons. The molecule has 1 amide bonds. The van der Waals surface area contributed by atoms with E-state index in [0.717, 1.165) is 28.6 Å². The van der Waals surface area contributed by atoms with Gasteiger partial charge in [-0.05, 0) is 19.1 Å². The number of nitrogens with zero attached hydrogens (tertiary/aromatic N) is 5. The number of anilines is 1. The summed E-state index contributed by atoms with van der Waals surface area (Å²) in [6, 6.07) is 13.7. The molecule has 2 aromatic heterocycles. The molecule has 0 unspecified atom stereocenters. The van der Waals surface area contributed by atoms with Gasteiger partial charge in [0.1, 0.15) is 11.0 Å². The summed E-state index contributed by atoms with van der Waals surface area (Å²) in [6.07, 6.45) is 0. The van der Waals surface area contributed by atoms with Crippen LogP contribution in [0, 0.1) is 6.92 Å². The monoisotopic (exact) mass is 396 g/mol. The number of hydrogen-bond donors (Lipinski definition) is 1. The summed E-state index contributed by atoms with van der Waals surface area (Å²) in [7, 11) is 1.90. The van der Waals surface area contributed by atoms with Gasteiger partial charge >= 0.3 is 0 Å². The fourth-order valence-electron chi connectivity index (χ4n) is 2.62. The average molecular weight is 397 g/mol. The molecule has 4 aromatic rings. The number of thioether (sulfide) groups is 1. The van der Waals surface area contributed by atoms with E-state index in [1.165, 1.54) is 17.3 Å².